The molecule has 0 spiro atoms. The zero-order valence-electron chi connectivity index (χ0n) is 10.9. The average Bonchev–Trinajstić information content (AvgIpc) is 2.85. The second-order valence-electron chi connectivity index (χ2n) is 4.14. The predicted molar refractivity (Wildman–Crippen MR) is 74.7 cm³/mol. The summed E-state index contributed by atoms with van der Waals surface area (Å²) >= 11 is 1.59. The van der Waals surface area contributed by atoms with Crippen LogP contribution in [0.1, 0.15) is 27.0 Å². The van der Waals surface area contributed by atoms with Crippen LogP contribution >= 0.6 is 11.3 Å². The molecule has 0 unspecified atom stereocenters. The Morgan fingerprint density at radius 1 is 1.26 bits per heavy atom. The highest BCUT2D eigenvalue weighted by Gasteiger charge is 2.18. The minimum Gasteiger partial charge on any atom is -0.496 e. The molecule has 0 saturated heterocycles. The Balaban J connectivity index is 2.24. The van der Waals surface area contributed by atoms with Crippen molar-refractivity contribution in [3.63, 3.8) is 0 Å². The van der Waals surface area contributed by atoms with Crippen molar-refractivity contribution in [2.75, 3.05) is 7.11 Å². The lowest BCUT2D eigenvalue weighted by atomic mass is 10.1. The maximum atomic E-state index is 13.8. The third-order valence-electron chi connectivity index (χ3n) is 2.87. The van der Waals surface area contributed by atoms with Gasteiger partial charge in [0.1, 0.15) is 11.6 Å². The molecule has 100 valence electrons. The first-order chi connectivity index (χ1) is 9.15. The molecule has 1 aromatic heterocycles. The van der Waals surface area contributed by atoms with Crippen LogP contribution in [-0.4, -0.2) is 12.9 Å². The van der Waals surface area contributed by atoms with Crippen molar-refractivity contribution in [3.8, 4) is 5.75 Å². The van der Waals surface area contributed by atoms with Gasteiger partial charge in [-0.1, -0.05) is 13.0 Å². The molecule has 0 aliphatic carbocycles. The van der Waals surface area contributed by atoms with Crippen molar-refractivity contribution in [1.82, 2.24) is 0 Å². The van der Waals surface area contributed by atoms with E-state index in [4.69, 9.17) is 4.74 Å². The van der Waals surface area contributed by atoms with Crippen molar-refractivity contribution >= 4 is 17.1 Å². The van der Waals surface area contributed by atoms with Crippen LogP contribution in [0.3, 0.4) is 0 Å². The maximum Gasteiger partial charge on any atom is 0.174 e. The number of carbonyl (C=O) groups excluding carboxylic acids is 1. The van der Waals surface area contributed by atoms with Crippen molar-refractivity contribution in [2.24, 2.45) is 0 Å². The van der Waals surface area contributed by atoms with Crippen LogP contribution in [0.25, 0.3) is 0 Å². The summed E-state index contributed by atoms with van der Waals surface area (Å²) in [6.07, 6.45) is 1.16. The van der Waals surface area contributed by atoms with E-state index in [1.807, 2.05) is 12.1 Å². The van der Waals surface area contributed by atoms with Crippen molar-refractivity contribution in [1.29, 1.82) is 0 Å². The van der Waals surface area contributed by atoms with Crippen LogP contribution in [0.4, 0.5) is 4.39 Å². The fraction of sp³-hybridized carbons (Fsp3) is 0.267. The van der Waals surface area contributed by atoms with Gasteiger partial charge < -0.3 is 4.74 Å². The monoisotopic (exact) mass is 278 g/mol. The van der Waals surface area contributed by atoms with E-state index in [0.717, 1.165) is 11.3 Å². The van der Waals surface area contributed by atoms with Gasteiger partial charge >= 0.3 is 0 Å². The van der Waals surface area contributed by atoms with Crippen LogP contribution < -0.4 is 4.74 Å². The highest BCUT2D eigenvalue weighted by Crippen LogP contribution is 2.25. The Morgan fingerprint density at radius 3 is 2.63 bits per heavy atom. The third kappa shape index (κ3) is 3.01. The van der Waals surface area contributed by atoms with E-state index in [2.05, 4.69) is 6.92 Å². The zero-order chi connectivity index (χ0) is 13.8. The van der Waals surface area contributed by atoms with Gasteiger partial charge in [0.05, 0.1) is 12.7 Å². The van der Waals surface area contributed by atoms with Gasteiger partial charge in [-0.05, 0) is 30.7 Å². The highest BCUT2D eigenvalue weighted by atomic mass is 32.1. The number of aryl methyl sites for hydroxylation is 1. The second kappa shape index (κ2) is 5.97. The van der Waals surface area contributed by atoms with Gasteiger partial charge in [-0.3, -0.25) is 4.79 Å². The van der Waals surface area contributed by atoms with Gasteiger partial charge in [-0.25, -0.2) is 4.39 Å². The predicted octanol–water partition coefficient (Wildman–Crippen LogP) is 3.88. The van der Waals surface area contributed by atoms with Gasteiger partial charge in [-0.2, -0.15) is 0 Å². The molecule has 0 radical (unpaired) electrons. The molecule has 2 nitrogen and oxygen atoms in total. The van der Waals surface area contributed by atoms with E-state index in [-0.39, 0.29) is 23.5 Å². The zero-order valence-corrected chi connectivity index (χ0v) is 11.7. The first kappa shape index (κ1) is 13.7. The van der Waals surface area contributed by atoms with E-state index < -0.39 is 5.82 Å². The minimum atomic E-state index is -0.531. The SMILES string of the molecule is CCc1ccc(CC(=O)c2c(F)cccc2OC)s1. The van der Waals surface area contributed by atoms with Crippen LogP contribution in [0.5, 0.6) is 5.75 Å². The normalized spacial score (nSPS) is 10.5. The average molecular weight is 278 g/mol. The van der Waals surface area contributed by atoms with Gasteiger partial charge in [0.2, 0.25) is 0 Å². The maximum absolute atomic E-state index is 13.8. The molecular formula is C15H15FO2S. The molecule has 0 saturated carbocycles. The number of carbonyl (C=O) groups is 1. The quantitative estimate of drug-likeness (QED) is 0.776. The molecule has 0 N–H and O–H groups in total. The summed E-state index contributed by atoms with van der Waals surface area (Å²) in [5, 5.41) is 0. The Bertz CT molecular complexity index is 590. The molecule has 19 heavy (non-hydrogen) atoms. The number of hydrogen-bond donors (Lipinski definition) is 0. The highest BCUT2D eigenvalue weighted by molar-refractivity contribution is 7.12. The first-order valence-electron chi connectivity index (χ1n) is 6.09. The number of methoxy groups -OCH3 is 1. The molecule has 0 atom stereocenters. The molecule has 2 rings (SSSR count). The lowest BCUT2D eigenvalue weighted by Crippen LogP contribution is -2.07. The van der Waals surface area contributed by atoms with Gasteiger partial charge in [-0.15, -0.1) is 11.3 Å². The molecule has 1 heterocycles. The fourth-order valence-corrected chi connectivity index (χ4v) is 2.86. The lowest BCUT2D eigenvalue weighted by molar-refractivity contribution is 0.0987. The van der Waals surface area contributed by atoms with Gasteiger partial charge in [0, 0.05) is 16.2 Å². The summed E-state index contributed by atoms with van der Waals surface area (Å²) in [6, 6.07) is 8.34. The Labute approximate surface area is 115 Å². The summed E-state index contributed by atoms with van der Waals surface area (Å²) in [5.41, 5.74) is 0.0384. The number of benzene rings is 1. The van der Waals surface area contributed by atoms with E-state index in [1.54, 1.807) is 17.4 Å². The number of thiophene rings is 1. The van der Waals surface area contributed by atoms with Crippen molar-refractivity contribution in [3.05, 3.63) is 51.5 Å². The Kier molecular flexibility index (Phi) is 4.32. The minimum absolute atomic E-state index is 0.0384. The van der Waals surface area contributed by atoms with Crippen LogP contribution in [-0.2, 0) is 12.8 Å². The van der Waals surface area contributed by atoms with E-state index in [1.165, 1.54) is 24.1 Å². The van der Waals surface area contributed by atoms with E-state index in [0.29, 0.717) is 0 Å². The number of halogens is 1. The third-order valence-corrected chi connectivity index (χ3v) is 4.10. The number of ether oxygens (including phenoxy) is 1. The molecule has 0 aliphatic heterocycles. The van der Waals surface area contributed by atoms with E-state index in [9.17, 15) is 9.18 Å². The fourth-order valence-electron chi connectivity index (χ4n) is 1.90. The molecule has 0 fully saturated rings. The van der Waals surface area contributed by atoms with E-state index >= 15 is 0 Å². The number of rotatable bonds is 5. The summed E-state index contributed by atoms with van der Waals surface area (Å²) in [4.78, 5) is 14.4. The Morgan fingerprint density at radius 2 is 2.00 bits per heavy atom. The molecule has 0 amide bonds. The topological polar surface area (TPSA) is 26.3 Å². The number of hydrogen-bond acceptors (Lipinski definition) is 3. The molecule has 0 bridgehead atoms. The standard InChI is InChI=1S/C15H15FO2S/c1-3-10-7-8-11(19-10)9-13(17)15-12(16)5-4-6-14(15)18-2/h4-8H,3,9H2,1-2H3. The largest absolute Gasteiger partial charge is 0.496 e. The van der Waals surface area contributed by atoms with Crippen LogP contribution in [0, 0.1) is 5.82 Å². The summed E-state index contributed by atoms with van der Waals surface area (Å²) in [5.74, 6) is -0.492. The molecule has 4 heteroatoms. The van der Waals surface area contributed by atoms with Crippen molar-refractivity contribution < 1.29 is 13.9 Å². The summed E-state index contributed by atoms with van der Waals surface area (Å²) in [6.45, 7) is 2.07. The van der Waals surface area contributed by atoms with Crippen LogP contribution in [0.15, 0.2) is 30.3 Å². The molecule has 1 aromatic carbocycles. The number of ketones is 1. The molecule has 0 aliphatic rings. The number of Topliss-reactive ketones (excluding diaryl/α,β-unsaturated/α-hetero) is 1. The van der Waals surface area contributed by atoms with Gasteiger partial charge in [0.15, 0.2) is 5.78 Å². The summed E-state index contributed by atoms with van der Waals surface area (Å²) < 4.78 is 18.8. The van der Waals surface area contributed by atoms with Crippen molar-refractivity contribution in [2.45, 2.75) is 19.8 Å². The van der Waals surface area contributed by atoms with Gasteiger partial charge in [0.25, 0.3) is 0 Å². The van der Waals surface area contributed by atoms with Crippen LogP contribution in [0.2, 0.25) is 0 Å². The Hall–Kier alpha value is -1.68. The summed E-state index contributed by atoms with van der Waals surface area (Å²) in [7, 11) is 1.44. The molecular weight excluding hydrogens is 263 g/mol. The first-order valence-corrected chi connectivity index (χ1v) is 6.90. The smallest absolute Gasteiger partial charge is 0.174 e. The molecule has 2 aromatic rings. The second-order valence-corrected chi connectivity index (χ2v) is 5.39. The lowest BCUT2D eigenvalue weighted by Gasteiger charge is -2.07.